The van der Waals surface area contributed by atoms with E-state index in [1.165, 1.54) is 0 Å². The highest BCUT2D eigenvalue weighted by molar-refractivity contribution is 9.10. The minimum absolute atomic E-state index is 0.0618. The van der Waals surface area contributed by atoms with E-state index in [1.807, 2.05) is 31.2 Å². The molecule has 0 fully saturated rings. The molecular formula is C14H13BrN2O. The summed E-state index contributed by atoms with van der Waals surface area (Å²) in [5.74, 6) is -0.119. The van der Waals surface area contributed by atoms with Gasteiger partial charge in [-0.3, -0.25) is 9.78 Å². The van der Waals surface area contributed by atoms with Gasteiger partial charge in [0.1, 0.15) is 0 Å². The Morgan fingerprint density at radius 2 is 2.06 bits per heavy atom. The monoisotopic (exact) mass is 304 g/mol. The molecule has 18 heavy (non-hydrogen) atoms. The summed E-state index contributed by atoms with van der Waals surface area (Å²) in [4.78, 5) is 15.9. The van der Waals surface area contributed by atoms with Crippen molar-refractivity contribution in [3.05, 3.63) is 64.4 Å². The van der Waals surface area contributed by atoms with Crippen LogP contribution in [0.5, 0.6) is 0 Å². The van der Waals surface area contributed by atoms with Crippen molar-refractivity contribution in [2.75, 3.05) is 0 Å². The summed E-state index contributed by atoms with van der Waals surface area (Å²) in [5, 5.41) is 2.94. The lowest BCUT2D eigenvalue weighted by atomic mass is 10.1. The molecule has 4 heteroatoms. The zero-order chi connectivity index (χ0) is 13.0. The molecule has 0 saturated carbocycles. The van der Waals surface area contributed by atoms with Gasteiger partial charge in [0.15, 0.2) is 0 Å². The van der Waals surface area contributed by atoms with Crippen LogP contribution < -0.4 is 5.32 Å². The Labute approximate surface area is 114 Å². The van der Waals surface area contributed by atoms with Crippen molar-refractivity contribution >= 4 is 21.8 Å². The summed E-state index contributed by atoms with van der Waals surface area (Å²) in [7, 11) is 0. The summed E-state index contributed by atoms with van der Waals surface area (Å²) in [5.41, 5.74) is 1.62. The van der Waals surface area contributed by atoms with Crippen LogP contribution >= 0.6 is 15.9 Å². The summed E-state index contributed by atoms with van der Waals surface area (Å²) in [6.45, 7) is 1.95. The molecule has 1 aromatic carbocycles. The highest BCUT2D eigenvalue weighted by Gasteiger charge is 2.13. The summed E-state index contributed by atoms with van der Waals surface area (Å²) < 4.78 is 0.990. The molecular weight excluding hydrogens is 292 g/mol. The first-order chi connectivity index (χ1) is 8.68. The number of aromatic nitrogens is 1. The molecule has 1 atom stereocenters. The maximum Gasteiger partial charge on any atom is 0.253 e. The molecule has 1 aromatic heterocycles. The number of benzene rings is 1. The molecule has 1 heterocycles. The molecule has 0 aliphatic carbocycles. The molecule has 2 rings (SSSR count). The second-order valence-electron chi connectivity index (χ2n) is 3.96. The number of carbonyl (C=O) groups excluding carboxylic acids is 1. The molecule has 0 bridgehead atoms. The third-order valence-corrected chi connectivity index (χ3v) is 3.37. The van der Waals surface area contributed by atoms with Gasteiger partial charge in [0, 0.05) is 16.9 Å². The Bertz CT molecular complexity index is 543. The standard InChI is InChI=1S/C14H13BrN2O/c1-10(12-6-2-3-7-13(12)15)17-14(18)11-5-4-8-16-9-11/h2-10H,1H3,(H,17,18). The predicted octanol–water partition coefficient (Wildman–Crippen LogP) is 3.34. The van der Waals surface area contributed by atoms with Crippen LogP contribution in [-0.4, -0.2) is 10.9 Å². The normalized spacial score (nSPS) is 11.9. The van der Waals surface area contributed by atoms with Crippen molar-refractivity contribution in [2.45, 2.75) is 13.0 Å². The van der Waals surface area contributed by atoms with Gasteiger partial charge in [-0.25, -0.2) is 0 Å². The van der Waals surface area contributed by atoms with E-state index < -0.39 is 0 Å². The summed E-state index contributed by atoms with van der Waals surface area (Å²) in [6, 6.07) is 11.3. The lowest BCUT2D eigenvalue weighted by Crippen LogP contribution is -2.26. The number of hydrogen-bond donors (Lipinski definition) is 1. The molecule has 0 aliphatic rings. The average molecular weight is 305 g/mol. The van der Waals surface area contributed by atoms with Crippen LogP contribution in [0, 0.1) is 0 Å². The Hall–Kier alpha value is -1.68. The highest BCUT2D eigenvalue weighted by Crippen LogP contribution is 2.22. The fourth-order valence-corrected chi connectivity index (χ4v) is 2.31. The number of halogens is 1. The lowest BCUT2D eigenvalue weighted by molar-refractivity contribution is 0.0939. The Kier molecular flexibility index (Phi) is 4.10. The molecule has 0 saturated heterocycles. The minimum atomic E-state index is -0.119. The number of nitrogens with zero attached hydrogens (tertiary/aromatic N) is 1. The van der Waals surface area contributed by atoms with Crippen LogP contribution in [0.15, 0.2) is 53.3 Å². The van der Waals surface area contributed by atoms with Gasteiger partial charge < -0.3 is 5.32 Å². The first kappa shape index (κ1) is 12.8. The second kappa shape index (κ2) is 5.78. The van der Waals surface area contributed by atoms with Gasteiger partial charge in [0.2, 0.25) is 0 Å². The van der Waals surface area contributed by atoms with Crippen LogP contribution in [0.1, 0.15) is 28.9 Å². The second-order valence-corrected chi connectivity index (χ2v) is 4.81. The average Bonchev–Trinajstić information content (AvgIpc) is 2.40. The molecule has 0 radical (unpaired) electrons. The van der Waals surface area contributed by atoms with Crippen molar-refractivity contribution in [1.82, 2.24) is 10.3 Å². The van der Waals surface area contributed by atoms with Crippen LogP contribution in [0.25, 0.3) is 0 Å². The molecule has 2 aromatic rings. The van der Waals surface area contributed by atoms with Gasteiger partial charge in [-0.1, -0.05) is 34.1 Å². The zero-order valence-corrected chi connectivity index (χ0v) is 11.5. The third-order valence-electron chi connectivity index (χ3n) is 2.64. The van der Waals surface area contributed by atoms with Crippen LogP contribution in [0.3, 0.4) is 0 Å². The molecule has 1 N–H and O–H groups in total. The van der Waals surface area contributed by atoms with Crippen LogP contribution in [0.2, 0.25) is 0 Å². The van der Waals surface area contributed by atoms with Crippen LogP contribution in [-0.2, 0) is 0 Å². The smallest absolute Gasteiger partial charge is 0.253 e. The number of carbonyl (C=O) groups is 1. The van der Waals surface area contributed by atoms with Gasteiger partial charge in [-0.05, 0) is 30.7 Å². The lowest BCUT2D eigenvalue weighted by Gasteiger charge is -2.15. The maximum absolute atomic E-state index is 12.0. The van der Waals surface area contributed by atoms with Gasteiger partial charge in [-0.2, -0.15) is 0 Å². The van der Waals surface area contributed by atoms with Crippen molar-refractivity contribution in [3.8, 4) is 0 Å². The van der Waals surface area contributed by atoms with Gasteiger partial charge in [0.25, 0.3) is 5.91 Å². The fraction of sp³-hybridized carbons (Fsp3) is 0.143. The van der Waals surface area contributed by atoms with E-state index in [-0.39, 0.29) is 11.9 Å². The highest BCUT2D eigenvalue weighted by atomic mass is 79.9. The van der Waals surface area contributed by atoms with Gasteiger partial charge >= 0.3 is 0 Å². The molecule has 0 spiro atoms. The number of nitrogens with one attached hydrogen (secondary N) is 1. The molecule has 1 unspecified atom stereocenters. The van der Waals surface area contributed by atoms with Crippen molar-refractivity contribution < 1.29 is 4.79 Å². The largest absolute Gasteiger partial charge is 0.345 e. The van der Waals surface area contributed by atoms with E-state index in [4.69, 9.17) is 0 Å². The topological polar surface area (TPSA) is 42.0 Å². The van der Waals surface area contributed by atoms with E-state index >= 15 is 0 Å². The quantitative estimate of drug-likeness (QED) is 0.945. The van der Waals surface area contributed by atoms with Gasteiger partial charge in [0.05, 0.1) is 11.6 Å². The van der Waals surface area contributed by atoms with E-state index in [0.29, 0.717) is 5.56 Å². The Morgan fingerprint density at radius 3 is 2.72 bits per heavy atom. The van der Waals surface area contributed by atoms with E-state index in [9.17, 15) is 4.79 Å². The van der Waals surface area contributed by atoms with E-state index in [2.05, 4.69) is 26.2 Å². The SMILES string of the molecule is CC(NC(=O)c1cccnc1)c1ccccc1Br. The number of pyridine rings is 1. The fourth-order valence-electron chi connectivity index (χ4n) is 1.68. The van der Waals surface area contributed by atoms with E-state index in [0.717, 1.165) is 10.0 Å². The minimum Gasteiger partial charge on any atom is -0.345 e. The molecule has 92 valence electrons. The zero-order valence-electron chi connectivity index (χ0n) is 9.93. The maximum atomic E-state index is 12.0. The summed E-state index contributed by atoms with van der Waals surface area (Å²) in [6.07, 6.45) is 3.20. The van der Waals surface area contributed by atoms with Crippen molar-refractivity contribution in [3.63, 3.8) is 0 Å². The summed E-state index contributed by atoms with van der Waals surface area (Å²) >= 11 is 3.48. The Balaban J connectivity index is 2.11. The first-order valence-corrected chi connectivity index (χ1v) is 6.43. The van der Waals surface area contributed by atoms with Crippen molar-refractivity contribution in [2.24, 2.45) is 0 Å². The molecule has 0 aliphatic heterocycles. The molecule has 3 nitrogen and oxygen atoms in total. The molecule has 1 amide bonds. The van der Waals surface area contributed by atoms with Crippen molar-refractivity contribution in [1.29, 1.82) is 0 Å². The van der Waals surface area contributed by atoms with E-state index in [1.54, 1.807) is 24.5 Å². The third kappa shape index (κ3) is 2.96. The van der Waals surface area contributed by atoms with Gasteiger partial charge in [-0.15, -0.1) is 0 Å². The van der Waals surface area contributed by atoms with Crippen LogP contribution in [0.4, 0.5) is 0 Å². The number of amides is 1. The first-order valence-electron chi connectivity index (χ1n) is 5.64. The predicted molar refractivity (Wildman–Crippen MR) is 74.3 cm³/mol. The Morgan fingerprint density at radius 1 is 1.28 bits per heavy atom. The number of hydrogen-bond acceptors (Lipinski definition) is 2. The number of rotatable bonds is 3.